The highest BCUT2D eigenvalue weighted by molar-refractivity contribution is 7.14. The van der Waals surface area contributed by atoms with Crippen molar-refractivity contribution in [2.45, 2.75) is 57.3 Å². The highest BCUT2D eigenvalue weighted by Gasteiger charge is 2.23. The minimum Gasteiger partial charge on any atom is -0.362 e. The highest BCUT2D eigenvalue weighted by atomic mass is 32.1. The number of hydrogen-bond donors (Lipinski definition) is 2. The third-order valence-corrected chi connectivity index (χ3v) is 10.1. The summed E-state index contributed by atoms with van der Waals surface area (Å²) in [6, 6.07) is 15.4. The third kappa shape index (κ3) is 6.29. The van der Waals surface area contributed by atoms with Crippen LogP contribution in [0.25, 0.3) is 32.5 Å². The first-order valence-corrected chi connectivity index (χ1v) is 18.5. The Morgan fingerprint density at radius 1 is 0.925 bits per heavy atom. The maximum absolute atomic E-state index is 5.96. The molecule has 1 fully saturated rings. The van der Waals surface area contributed by atoms with Gasteiger partial charge in [-0.15, -0.1) is 10.2 Å². The van der Waals surface area contributed by atoms with E-state index in [0.717, 1.165) is 67.4 Å². The average molecular weight is 570 g/mol. The van der Waals surface area contributed by atoms with Gasteiger partial charge in [-0.2, -0.15) is 0 Å². The van der Waals surface area contributed by atoms with Gasteiger partial charge in [-0.1, -0.05) is 62.0 Å². The molecule has 0 amide bonds. The van der Waals surface area contributed by atoms with Crippen LogP contribution in [-0.4, -0.2) is 46.6 Å². The molecule has 0 unspecified atom stereocenters. The van der Waals surface area contributed by atoms with Gasteiger partial charge in [0.05, 0.1) is 45.9 Å². The molecule has 5 aromatic rings. The summed E-state index contributed by atoms with van der Waals surface area (Å²) >= 11 is 1.67. The predicted molar refractivity (Wildman–Crippen MR) is 167 cm³/mol. The van der Waals surface area contributed by atoms with Crippen LogP contribution in [0.3, 0.4) is 0 Å². The van der Waals surface area contributed by atoms with Crippen molar-refractivity contribution in [3.63, 3.8) is 0 Å². The van der Waals surface area contributed by atoms with Gasteiger partial charge in [0.2, 0.25) is 0 Å². The molecule has 1 aromatic carbocycles. The summed E-state index contributed by atoms with van der Waals surface area (Å²) in [4.78, 5) is 14.3. The lowest BCUT2D eigenvalue weighted by atomic mass is 10.1. The Morgan fingerprint density at radius 3 is 2.52 bits per heavy atom. The van der Waals surface area contributed by atoms with E-state index in [1.165, 1.54) is 25.7 Å². The molecule has 8 nitrogen and oxygen atoms in total. The summed E-state index contributed by atoms with van der Waals surface area (Å²) in [5.41, 5.74) is 5.22. The number of benzene rings is 1. The average Bonchev–Trinajstić information content (AvgIpc) is 3.64. The van der Waals surface area contributed by atoms with Crippen molar-refractivity contribution in [2.75, 3.05) is 24.0 Å². The molecule has 10 heteroatoms. The number of fused-ring (bicyclic) bond motifs is 2. The standard InChI is InChI=1S/C30H35N7OSSi/c1-40(2,3)13-12-38-19-33-28-24(30-37-36-29(39-30)20-8-4-5-9-20)16-26-27(35-28)15-23(18-32-26)34-22-14-21-10-6-7-11-25(21)31-17-22/h6-7,10-11,14-18,20,34H,4-5,8-9,12-13,19H2,1-3H3,(H,33,35). The van der Waals surface area contributed by atoms with E-state index < -0.39 is 8.07 Å². The Bertz CT molecular complexity index is 1630. The van der Waals surface area contributed by atoms with Crippen LogP contribution in [0.15, 0.2) is 54.9 Å². The van der Waals surface area contributed by atoms with Gasteiger partial charge in [0.15, 0.2) is 5.01 Å². The molecule has 2 N–H and O–H groups in total. The predicted octanol–water partition coefficient (Wildman–Crippen LogP) is 7.82. The van der Waals surface area contributed by atoms with Crippen LogP contribution in [0.2, 0.25) is 25.7 Å². The molecule has 0 bridgehead atoms. The first-order chi connectivity index (χ1) is 19.4. The quantitative estimate of drug-likeness (QED) is 0.0998. The smallest absolute Gasteiger partial charge is 0.151 e. The van der Waals surface area contributed by atoms with E-state index in [-0.39, 0.29) is 0 Å². The molecule has 0 saturated heterocycles. The van der Waals surface area contributed by atoms with Gasteiger partial charge in [0.25, 0.3) is 0 Å². The molecule has 4 aromatic heterocycles. The fourth-order valence-corrected chi connectivity index (χ4v) is 6.76. The summed E-state index contributed by atoms with van der Waals surface area (Å²) in [5.74, 6) is 1.26. The summed E-state index contributed by atoms with van der Waals surface area (Å²) in [6.07, 6.45) is 8.61. The molecule has 1 saturated carbocycles. The molecule has 4 heterocycles. The number of ether oxygens (including phenoxy) is 1. The van der Waals surface area contributed by atoms with Crippen LogP contribution in [-0.2, 0) is 4.74 Å². The number of para-hydroxylation sites is 1. The van der Waals surface area contributed by atoms with Gasteiger partial charge < -0.3 is 15.4 Å². The maximum Gasteiger partial charge on any atom is 0.151 e. The van der Waals surface area contributed by atoms with E-state index in [1.807, 2.05) is 36.7 Å². The third-order valence-electron chi connectivity index (χ3n) is 7.26. The monoisotopic (exact) mass is 569 g/mol. The lowest BCUT2D eigenvalue weighted by Gasteiger charge is -2.16. The Kier molecular flexibility index (Phi) is 7.73. The molecule has 0 aliphatic heterocycles. The Labute approximate surface area is 239 Å². The lowest BCUT2D eigenvalue weighted by Crippen LogP contribution is -2.22. The molecular formula is C30H35N7OSSi. The zero-order chi connectivity index (χ0) is 27.5. The number of nitrogens with zero attached hydrogens (tertiary/aromatic N) is 5. The van der Waals surface area contributed by atoms with E-state index in [4.69, 9.17) is 14.7 Å². The molecule has 206 valence electrons. The van der Waals surface area contributed by atoms with Crippen LogP contribution in [0.1, 0.15) is 36.6 Å². The molecule has 40 heavy (non-hydrogen) atoms. The molecule has 1 aliphatic carbocycles. The highest BCUT2D eigenvalue weighted by Crippen LogP contribution is 2.39. The second kappa shape index (κ2) is 11.6. The van der Waals surface area contributed by atoms with Crippen molar-refractivity contribution in [3.8, 4) is 10.6 Å². The van der Waals surface area contributed by atoms with Gasteiger partial charge in [0.1, 0.15) is 17.6 Å². The zero-order valence-electron chi connectivity index (χ0n) is 23.3. The molecule has 1 aliphatic rings. The summed E-state index contributed by atoms with van der Waals surface area (Å²) in [6.45, 7) is 8.20. The van der Waals surface area contributed by atoms with Crippen LogP contribution >= 0.6 is 11.3 Å². The van der Waals surface area contributed by atoms with Gasteiger partial charge in [0, 0.05) is 26.0 Å². The number of hydrogen-bond acceptors (Lipinski definition) is 9. The molecule has 0 spiro atoms. The zero-order valence-corrected chi connectivity index (χ0v) is 25.1. The van der Waals surface area contributed by atoms with Gasteiger partial charge in [-0.25, -0.2) is 4.98 Å². The number of nitrogens with one attached hydrogen (secondary N) is 2. The second-order valence-corrected chi connectivity index (χ2v) is 18.3. The van der Waals surface area contributed by atoms with Crippen LogP contribution < -0.4 is 10.6 Å². The van der Waals surface area contributed by atoms with Crippen molar-refractivity contribution >= 4 is 58.5 Å². The first kappa shape index (κ1) is 26.7. The van der Waals surface area contributed by atoms with E-state index in [9.17, 15) is 0 Å². The van der Waals surface area contributed by atoms with Crippen molar-refractivity contribution in [3.05, 3.63) is 59.9 Å². The number of rotatable bonds is 10. The van der Waals surface area contributed by atoms with E-state index in [2.05, 4.69) is 63.7 Å². The molecule has 6 rings (SSSR count). The molecular weight excluding hydrogens is 535 g/mol. The van der Waals surface area contributed by atoms with Crippen molar-refractivity contribution in [1.29, 1.82) is 0 Å². The van der Waals surface area contributed by atoms with E-state index >= 15 is 0 Å². The Hall–Kier alpha value is -3.47. The van der Waals surface area contributed by atoms with E-state index in [0.29, 0.717) is 12.6 Å². The largest absolute Gasteiger partial charge is 0.362 e. The molecule has 0 radical (unpaired) electrons. The SMILES string of the molecule is C[Si](C)(C)CCOCNc1nc2cc(Nc3cnc4ccccc4c3)cnc2cc1-c1nnc(C2CCCC2)s1. The van der Waals surface area contributed by atoms with E-state index in [1.54, 1.807) is 11.3 Å². The first-order valence-electron chi connectivity index (χ1n) is 14.0. The normalized spacial score (nSPS) is 14.3. The van der Waals surface area contributed by atoms with Crippen molar-refractivity contribution in [1.82, 2.24) is 25.1 Å². The van der Waals surface area contributed by atoms with Gasteiger partial charge >= 0.3 is 0 Å². The topological polar surface area (TPSA) is 97.7 Å². The summed E-state index contributed by atoms with van der Waals surface area (Å²) in [7, 11) is -1.16. The lowest BCUT2D eigenvalue weighted by molar-refractivity contribution is 0.165. The van der Waals surface area contributed by atoms with Gasteiger partial charge in [-0.05, 0) is 43.2 Å². The maximum atomic E-state index is 5.96. The van der Waals surface area contributed by atoms with Crippen LogP contribution in [0, 0.1) is 0 Å². The summed E-state index contributed by atoms with van der Waals surface area (Å²) < 4.78 is 5.96. The van der Waals surface area contributed by atoms with Gasteiger partial charge in [-0.3, -0.25) is 9.97 Å². The minimum atomic E-state index is -1.16. The fourth-order valence-electron chi connectivity index (χ4n) is 4.97. The number of anilines is 3. The van der Waals surface area contributed by atoms with Crippen molar-refractivity contribution in [2.24, 2.45) is 0 Å². The molecule has 0 atom stereocenters. The summed E-state index contributed by atoms with van der Waals surface area (Å²) in [5, 5.41) is 19.1. The second-order valence-electron chi connectivity index (χ2n) is 11.7. The van der Waals surface area contributed by atoms with Crippen LogP contribution in [0.4, 0.5) is 17.2 Å². The number of pyridine rings is 3. The van der Waals surface area contributed by atoms with Crippen molar-refractivity contribution < 1.29 is 4.74 Å². The fraction of sp³-hybridized carbons (Fsp3) is 0.367. The Morgan fingerprint density at radius 2 is 1.70 bits per heavy atom. The number of aromatic nitrogens is 5. The Balaban J connectivity index is 1.28. The minimum absolute atomic E-state index is 0.387. The van der Waals surface area contributed by atoms with Crippen LogP contribution in [0.5, 0.6) is 0 Å².